The first-order valence-electron chi connectivity index (χ1n) is 8.15. The molecule has 1 amide bonds. The number of carbonyl (C=O) groups is 1. The highest BCUT2D eigenvalue weighted by Gasteiger charge is 2.20. The molecule has 6 nitrogen and oxygen atoms in total. The van der Waals surface area contributed by atoms with Crippen LogP contribution in [-0.4, -0.2) is 82.0 Å². The summed E-state index contributed by atoms with van der Waals surface area (Å²) in [7, 11) is 1.61. The number of hydrogen-bond donors (Lipinski definition) is 0. The van der Waals surface area contributed by atoms with Crippen molar-refractivity contribution in [3.63, 3.8) is 0 Å². The molecule has 0 N–H and O–H groups in total. The van der Waals surface area contributed by atoms with E-state index in [1.807, 2.05) is 29.2 Å². The maximum Gasteiger partial charge on any atom is 0.248 e. The van der Waals surface area contributed by atoms with Crippen LogP contribution >= 0.6 is 11.6 Å². The fraction of sp³-hybridized carbons (Fsp3) is 0.588. The number of rotatable bonds is 9. The van der Waals surface area contributed by atoms with E-state index in [0.717, 1.165) is 32.7 Å². The molecule has 0 saturated carbocycles. The summed E-state index contributed by atoms with van der Waals surface area (Å²) in [6, 6.07) is 7.46. The Labute approximate surface area is 148 Å². The van der Waals surface area contributed by atoms with Crippen LogP contribution in [0.2, 0.25) is 5.02 Å². The molecule has 0 unspecified atom stereocenters. The number of halogens is 1. The lowest BCUT2D eigenvalue weighted by Crippen LogP contribution is -2.50. The van der Waals surface area contributed by atoms with E-state index >= 15 is 0 Å². The third-order valence-electron chi connectivity index (χ3n) is 3.88. The minimum Gasteiger partial charge on any atom is -0.491 e. The van der Waals surface area contributed by atoms with Gasteiger partial charge < -0.3 is 19.1 Å². The normalized spacial score (nSPS) is 15.5. The molecular weight excluding hydrogens is 332 g/mol. The fourth-order valence-corrected chi connectivity index (χ4v) is 2.65. The summed E-state index contributed by atoms with van der Waals surface area (Å²) in [4.78, 5) is 16.1. The maximum absolute atomic E-state index is 12.0. The smallest absolute Gasteiger partial charge is 0.248 e. The summed E-state index contributed by atoms with van der Waals surface area (Å²) < 4.78 is 15.9. The first kappa shape index (κ1) is 19.0. The zero-order valence-electron chi connectivity index (χ0n) is 14.1. The van der Waals surface area contributed by atoms with Crippen molar-refractivity contribution in [3.05, 3.63) is 29.3 Å². The van der Waals surface area contributed by atoms with Crippen LogP contribution in [0.5, 0.6) is 5.75 Å². The number of methoxy groups -OCH3 is 1. The van der Waals surface area contributed by atoms with E-state index in [9.17, 15) is 4.79 Å². The van der Waals surface area contributed by atoms with Crippen LogP contribution in [0.1, 0.15) is 0 Å². The number of carbonyl (C=O) groups excluding carboxylic acids is 1. The van der Waals surface area contributed by atoms with E-state index in [4.69, 9.17) is 25.8 Å². The van der Waals surface area contributed by atoms with Crippen molar-refractivity contribution in [2.75, 3.05) is 66.3 Å². The average molecular weight is 357 g/mol. The number of benzene rings is 1. The Morgan fingerprint density at radius 1 is 1.12 bits per heavy atom. The minimum absolute atomic E-state index is 0.0399. The summed E-state index contributed by atoms with van der Waals surface area (Å²) in [5.41, 5.74) is 0. The van der Waals surface area contributed by atoms with Crippen molar-refractivity contribution >= 4 is 17.5 Å². The number of hydrogen-bond acceptors (Lipinski definition) is 5. The molecule has 1 fully saturated rings. The van der Waals surface area contributed by atoms with Gasteiger partial charge in [0, 0.05) is 39.8 Å². The van der Waals surface area contributed by atoms with Gasteiger partial charge in [-0.3, -0.25) is 9.69 Å². The van der Waals surface area contributed by atoms with Crippen molar-refractivity contribution in [1.82, 2.24) is 9.80 Å². The highest BCUT2D eigenvalue weighted by atomic mass is 35.5. The Balaban J connectivity index is 1.60. The molecule has 24 heavy (non-hydrogen) atoms. The lowest BCUT2D eigenvalue weighted by molar-refractivity contribution is -0.138. The topological polar surface area (TPSA) is 51.2 Å². The van der Waals surface area contributed by atoms with Crippen LogP contribution in [0.3, 0.4) is 0 Å². The van der Waals surface area contributed by atoms with E-state index < -0.39 is 0 Å². The number of ether oxygens (including phenoxy) is 3. The monoisotopic (exact) mass is 356 g/mol. The number of amides is 1. The fourth-order valence-electron chi connectivity index (χ4n) is 2.46. The summed E-state index contributed by atoms with van der Waals surface area (Å²) in [5, 5.41) is 0.626. The van der Waals surface area contributed by atoms with Gasteiger partial charge in [0.1, 0.15) is 19.0 Å². The SMILES string of the molecule is COCCOCC(=O)N1CCN(CCOc2ccccc2Cl)CC1. The first-order valence-corrected chi connectivity index (χ1v) is 8.52. The predicted molar refractivity (Wildman–Crippen MR) is 92.7 cm³/mol. The van der Waals surface area contributed by atoms with Gasteiger partial charge >= 0.3 is 0 Å². The van der Waals surface area contributed by atoms with Crippen LogP contribution in [0.25, 0.3) is 0 Å². The molecule has 1 heterocycles. The Kier molecular flexibility index (Phi) is 8.32. The van der Waals surface area contributed by atoms with Gasteiger partial charge in [-0.05, 0) is 12.1 Å². The molecule has 0 aromatic heterocycles. The summed E-state index contributed by atoms with van der Waals surface area (Å²) in [5.74, 6) is 0.749. The van der Waals surface area contributed by atoms with Gasteiger partial charge in [-0.15, -0.1) is 0 Å². The zero-order valence-corrected chi connectivity index (χ0v) is 14.8. The molecule has 2 rings (SSSR count). The van der Waals surface area contributed by atoms with Gasteiger partial charge in [0.2, 0.25) is 5.91 Å². The van der Waals surface area contributed by atoms with Crippen LogP contribution in [0, 0.1) is 0 Å². The number of nitrogens with zero attached hydrogens (tertiary/aromatic N) is 2. The molecule has 1 aromatic rings. The van der Waals surface area contributed by atoms with Gasteiger partial charge in [-0.25, -0.2) is 0 Å². The third-order valence-corrected chi connectivity index (χ3v) is 4.20. The Bertz CT molecular complexity index is 507. The van der Waals surface area contributed by atoms with Crippen molar-refractivity contribution < 1.29 is 19.0 Å². The predicted octanol–water partition coefficient (Wildman–Crippen LogP) is 1.53. The third kappa shape index (κ3) is 6.28. The summed E-state index contributed by atoms with van der Waals surface area (Å²) >= 11 is 6.06. The van der Waals surface area contributed by atoms with Crippen molar-refractivity contribution in [3.8, 4) is 5.75 Å². The van der Waals surface area contributed by atoms with Crippen LogP contribution in [-0.2, 0) is 14.3 Å². The lowest BCUT2D eigenvalue weighted by atomic mass is 10.3. The van der Waals surface area contributed by atoms with Gasteiger partial charge in [0.15, 0.2) is 0 Å². The van der Waals surface area contributed by atoms with Gasteiger partial charge in [-0.1, -0.05) is 23.7 Å². The molecule has 0 aliphatic carbocycles. The molecule has 0 spiro atoms. The molecule has 7 heteroatoms. The highest BCUT2D eigenvalue weighted by molar-refractivity contribution is 6.32. The van der Waals surface area contributed by atoms with Gasteiger partial charge in [0.05, 0.1) is 18.2 Å². The maximum atomic E-state index is 12.0. The molecule has 0 atom stereocenters. The molecule has 134 valence electrons. The molecule has 1 aromatic carbocycles. The lowest BCUT2D eigenvalue weighted by Gasteiger charge is -2.34. The number of piperazine rings is 1. The summed E-state index contributed by atoms with van der Waals surface area (Å²) in [6.07, 6.45) is 0. The van der Waals surface area contributed by atoms with Crippen LogP contribution in [0.15, 0.2) is 24.3 Å². The second-order valence-corrected chi connectivity index (χ2v) is 5.95. The molecule has 1 aliphatic heterocycles. The Hall–Kier alpha value is -1.34. The van der Waals surface area contributed by atoms with Crippen molar-refractivity contribution in [1.29, 1.82) is 0 Å². The zero-order chi connectivity index (χ0) is 17.2. The summed E-state index contributed by atoms with van der Waals surface area (Å²) in [6.45, 7) is 5.60. The second-order valence-electron chi connectivity index (χ2n) is 5.55. The average Bonchev–Trinajstić information content (AvgIpc) is 2.61. The standard InChI is InChI=1S/C17H25ClN2O4/c1-22-12-13-23-14-17(21)20-8-6-19(7-9-20)10-11-24-16-5-3-2-4-15(16)18/h2-5H,6-14H2,1H3. The van der Waals surface area contributed by atoms with E-state index in [1.54, 1.807) is 7.11 Å². The van der Waals surface area contributed by atoms with E-state index in [0.29, 0.717) is 30.6 Å². The van der Waals surface area contributed by atoms with Crippen LogP contribution in [0.4, 0.5) is 0 Å². The molecule has 0 bridgehead atoms. The first-order chi connectivity index (χ1) is 11.7. The largest absolute Gasteiger partial charge is 0.491 e. The van der Waals surface area contributed by atoms with Crippen molar-refractivity contribution in [2.45, 2.75) is 0 Å². The van der Waals surface area contributed by atoms with Gasteiger partial charge in [0.25, 0.3) is 0 Å². The molecular formula is C17H25ClN2O4. The minimum atomic E-state index is 0.0399. The van der Waals surface area contributed by atoms with Crippen molar-refractivity contribution in [2.24, 2.45) is 0 Å². The molecule has 0 radical (unpaired) electrons. The Morgan fingerprint density at radius 3 is 2.58 bits per heavy atom. The molecule has 1 aliphatic rings. The van der Waals surface area contributed by atoms with Gasteiger partial charge in [-0.2, -0.15) is 0 Å². The number of para-hydroxylation sites is 1. The Morgan fingerprint density at radius 2 is 1.88 bits per heavy atom. The van der Waals surface area contributed by atoms with E-state index in [2.05, 4.69) is 4.90 Å². The quantitative estimate of drug-likeness (QED) is 0.628. The van der Waals surface area contributed by atoms with E-state index in [1.165, 1.54) is 0 Å². The van der Waals surface area contributed by atoms with Crippen LogP contribution < -0.4 is 4.74 Å². The van der Waals surface area contributed by atoms with E-state index in [-0.39, 0.29) is 12.5 Å². The highest BCUT2D eigenvalue weighted by Crippen LogP contribution is 2.22. The molecule has 1 saturated heterocycles. The second kappa shape index (κ2) is 10.5.